The first-order valence-electron chi connectivity index (χ1n) is 6.09. The fourth-order valence-corrected chi connectivity index (χ4v) is 2.61. The number of aromatic nitrogens is 2. The number of nitrogens with one attached hydrogen (secondary N) is 1. The summed E-state index contributed by atoms with van der Waals surface area (Å²) < 4.78 is 1.91. The Balaban J connectivity index is 2.14. The molecule has 86 valence electrons. The molecular weight excluding hydrogens is 202 g/mol. The lowest BCUT2D eigenvalue weighted by Gasteiger charge is -2.30. The van der Waals surface area contributed by atoms with Crippen LogP contribution in [0.25, 0.3) is 0 Å². The Labute approximate surface area is 94.7 Å². The molecule has 1 saturated carbocycles. The maximum Gasteiger partial charge on any atom is 0.258 e. The Morgan fingerprint density at radius 2 is 2.25 bits per heavy atom. The van der Waals surface area contributed by atoms with Crippen LogP contribution in [0.15, 0.2) is 4.79 Å². The van der Waals surface area contributed by atoms with Crippen molar-refractivity contribution < 1.29 is 0 Å². The monoisotopic (exact) mass is 219 g/mol. The molecule has 0 spiro atoms. The van der Waals surface area contributed by atoms with E-state index in [0.717, 1.165) is 42.9 Å². The fraction of sp³-hybridized carbons (Fsp3) is 0.667. The normalized spacial score (nSPS) is 20.3. The number of nitrogens with zero attached hydrogens (tertiary/aromatic N) is 2. The third-order valence-corrected chi connectivity index (χ3v) is 3.75. The predicted octanol–water partition coefficient (Wildman–Crippen LogP) is 0.922. The average Bonchev–Trinajstić information content (AvgIpc) is 2.21. The van der Waals surface area contributed by atoms with Crippen LogP contribution in [0, 0.1) is 6.92 Å². The van der Waals surface area contributed by atoms with Crippen LogP contribution in [0.2, 0.25) is 0 Å². The van der Waals surface area contributed by atoms with Crippen LogP contribution in [0.1, 0.15) is 42.4 Å². The summed E-state index contributed by atoms with van der Waals surface area (Å²) in [5.41, 5.74) is 2.10. The second-order valence-electron chi connectivity index (χ2n) is 4.77. The van der Waals surface area contributed by atoms with E-state index in [2.05, 4.69) is 10.3 Å². The molecule has 0 aromatic carbocycles. The Bertz CT molecular complexity index is 474. The van der Waals surface area contributed by atoms with Gasteiger partial charge in [-0.15, -0.1) is 0 Å². The summed E-state index contributed by atoms with van der Waals surface area (Å²) in [6.45, 7) is 3.59. The summed E-state index contributed by atoms with van der Waals surface area (Å²) in [6.07, 6.45) is 4.39. The zero-order valence-corrected chi connectivity index (χ0v) is 9.62. The summed E-state index contributed by atoms with van der Waals surface area (Å²) in [4.78, 5) is 17.0. The van der Waals surface area contributed by atoms with Gasteiger partial charge in [-0.05, 0) is 26.2 Å². The van der Waals surface area contributed by atoms with Crippen molar-refractivity contribution in [3.05, 3.63) is 27.4 Å². The zero-order chi connectivity index (χ0) is 11.1. The Morgan fingerprint density at radius 1 is 1.44 bits per heavy atom. The minimum atomic E-state index is 0.194. The van der Waals surface area contributed by atoms with Crippen molar-refractivity contribution >= 4 is 0 Å². The van der Waals surface area contributed by atoms with E-state index < -0.39 is 0 Å². The standard InChI is InChI=1S/C12H17N3O/c1-8-14-11-5-6-13-7-10(11)12(16)15(8)9-3-2-4-9/h9,13H,2-7H2,1H3. The molecule has 4 nitrogen and oxygen atoms in total. The molecule has 1 aromatic rings. The van der Waals surface area contributed by atoms with Gasteiger partial charge in [0.2, 0.25) is 0 Å². The van der Waals surface area contributed by atoms with Crippen molar-refractivity contribution in [1.82, 2.24) is 14.9 Å². The lowest BCUT2D eigenvalue weighted by atomic mass is 9.92. The van der Waals surface area contributed by atoms with Gasteiger partial charge in [0.25, 0.3) is 5.56 Å². The highest BCUT2D eigenvalue weighted by Gasteiger charge is 2.25. The second-order valence-corrected chi connectivity index (χ2v) is 4.77. The molecule has 4 heteroatoms. The topological polar surface area (TPSA) is 46.9 Å². The molecule has 1 aliphatic carbocycles. The first-order valence-corrected chi connectivity index (χ1v) is 6.09. The van der Waals surface area contributed by atoms with E-state index in [1.165, 1.54) is 6.42 Å². The highest BCUT2D eigenvalue weighted by Crippen LogP contribution is 2.31. The molecule has 1 aromatic heterocycles. The van der Waals surface area contributed by atoms with Gasteiger partial charge in [0.1, 0.15) is 5.82 Å². The van der Waals surface area contributed by atoms with E-state index in [-0.39, 0.29) is 5.56 Å². The Hall–Kier alpha value is -1.16. The van der Waals surface area contributed by atoms with Crippen molar-refractivity contribution in [1.29, 1.82) is 0 Å². The summed E-state index contributed by atoms with van der Waals surface area (Å²) in [6, 6.07) is 0.409. The molecule has 0 radical (unpaired) electrons. The van der Waals surface area contributed by atoms with Crippen molar-refractivity contribution in [2.75, 3.05) is 6.54 Å². The number of rotatable bonds is 1. The number of hydrogen-bond donors (Lipinski definition) is 1. The first-order chi connectivity index (χ1) is 7.77. The molecule has 1 N–H and O–H groups in total. The number of hydrogen-bond acceptors (Lipinski definition) is 3. The van der Waals surface area contributed by atoms with Crippen LogP contribution in [0.4, 0.5) is 0 Å². The van der Waals surface area contributed by atoms with Gasteiger partial charge in [0.15, 0.2) is 0 Å². The van der Waals surface area contributed by atoms with E-state index in [9.17, 15) is 4.79 Å². The van der Waals surface area contributed by atoms with Gasteiger partial charge < -0.3 is 5.32 Å². The molecule has 1 fully saturated rings. The summed E-state index contributed by atoms with van der Waals surface area (Å²) in [5, 5.41) is 3.25. The van der Waals surface area contributed by atoms with Gasteiger partial charge in [-0.25, -0.2) is 4.98 Å². The van der Waals surface area contributed by atoms with Gasteiger partial charge in [-0.3, -0.25) is 9.36 Å². The first kappa shape index (κ1) is 10.0. The van der Waals surface area contributed by atoms with E-state index in [1.54, 1.807) is 0 Å². The highest BCUT2D eigenvalue weighted by molar-refractivity contribution is 5.22. The maximum absolute atomic E-state index is 12.4. The molecule has 0 amide bonds. The van der Waals surface area contributed by atoms with E-state index in [0.29, 0.717) is 12.6 Å². The van der Waals surface area contributed by atoms with Crippen LogP contribution < -0.4 is 10.9 Å². The molecule has 0 unspecified atom stereocenters. The van der Waals surface area contributed by atoms with Crippen LogP contribution in [-0.4, -0.2) is 16.1 Å². The summed E-state index contributed by atoms with van der Waals surface area (Å²) >= 11 is 0. The second kappa shape index (κ2) is 3.70. The third-order valence-electron chi connectivity index (χ3n) is 3.75. The molecule has 1 aliphatic heterocycles. The van der Waals surface area contributed by atoms with Gasteiger partial charge >= 0.3 is 0 Å². The number of fused-ring (bicyclic) bond motifs is 1. The predicted molar refractivity (Wildman–Crippen MR) is 61.5 cm³/mol. The van der Waals surface area contributed by atoms with Crippen LogP contribution in [-0.2, 0) is 13.0 Å². The van der Waals surface area contributed by atoms with E-state index >= 15 is 0 Å². The average molecular weight is 219 g/mol. The van der Waals surface area contributed by atoms with Crippen LogP contribution in [0.3, 0.4) is 0 Å². The Morgan fingerprint density at radius 3 is 2.94 bits per heavy atom. The minimum absolute atomic E-state index is 0.194. The number of aryl methyl sites for hydroxylation is 1. The van der Waals surface area contributed by atoms with Gasteiger partial charge in [-0.2, -0.15) is 0 Å². The SMILES string of the molecule is Cc1nc2c(c(=O)n1C1CCC1)CNCC2. The van der Waals surface area contributed by atoms with Gasteiger partial charge in [-0.1, -0.05) is 0 Å². The molecule has 2 aliphatic rings. The molecule has 2 heterocycles. The summed E-state index contributed by atoms with van der Waals surface area (Å²) in [5.74, 6) is 0.898. The maximum atomic E-state index is 12.4. The van der Waals surface area contributed by atoms with Crippen molar-refractivity contribution in [3.8, 4) is 0 Å². The fourth-order valence-electron chi connectivity index (χ4n) is 2.61. The van der Waals surface area contributed by atoms with Gasteiger partial charge in [0.05, 0.1) is 11.3 Å². The quantitative estimate of drug-likeness (QED) is 0.764. The van der Waals surface area contributed by atoms with E-state index in [1.807, 2.05) is 11.5 Å². The third kappa shape index (κ3) is 1.40. The molecule has 0 bridgehead atoms. The van der Waals surface area contributed by atoms with Crippen molar-refractivity contribution in [2.24, 2.45) is 0 Å². The van der Waals surface area contributed by atoms with Crippen LogP contribution >= 0.6 is 0 Å². The molecule has 0 atom stereocenters. The highest BCUT2D eigenvalue weighted by atomic mass is 16.1. The minimum Gasteiger partial charge on any atom is -0.312 e. The molecular formula is C12H17N3O. The summed E-state index contributed by atoms with van der Waals surface area (Å²) in [7, 11) is 0. The zero-order valence-electron chi connectivity index (χ0n) is 9.62. The lowest BCUT2D eigenvalue weighted by Crippen LogP contribution is -2.39. The van der Waals surface area contributed by atoms with Crippen molar-refractivity contribution in [2.45, 2.75) is 45.2 Å². The Kier molecular flexibility index (Phi) is 2.32. The largest absolute Gasteiger partial charge is 0.312 e. The van der Waals surface area contributed by atoms with E-state index in [4.69, 9.17) is 0 Å². The molecule has 3 rings (SSSR count). The smallest absolute Gasteiger partial charge is 0.258 e. The van der Waals surface area contributed by atoms with Crippen LogP contribution in [0.5, 0.6) is 0 Å². The molecule has 16 heavy (non-hydrogen) atoms. The molecule has 0 saturated heterocycles. The van der Waals surface area contributed by atoms with Gasteiger partial charge in [0, 0.05) is 25.6 Å². The van der Waals surface area contributed by atoms with Crippen molar-refractivity contribution in [3.63, 3.8) is 0 Å². The lowest BCUT2D eigenvalue weighted by molar-refractivity contribution is 0.295.